The molecule has 1 atom stereocenters. The summed E-state index contributed by atoms with van der Waals surface area (Å²) in [5, 5.41) is 6.60. The molecule has 6 rings (SSSR count). The number of para-hydroxylation sites is 1. The summed E-state index contributed by atoms with van der Waals surface area (Å²) in [6.45, 7) is 10.3. The minimum atomic E-state index is -0.345. The van der Waals surface area contributed by atoms with Crippen LogP contribution in [0.2, 0.25) is 0 Å². The topological polar surface area (TPSA) is 81.8 Å². The summed E-state index contributed by atoms with van der Waals surface area (Å²) in [5.41, 5.74) is 5.94. The summed E-state index contributed by atoms with van der Waals surface area (Å²) in [7, 11) is 2.13. The van der Waals surface area contributed by atoms with Gasteiger partial charge in [-0.15, -0.1) is 0 Å². The standard InChI is InChI=1S/C40H57N5O3/c1-4-30-11-10-29(26-31(30)5-2)27-35(39(47)45(3)24-17-33(18-25-45)32-12-19-41-20-13-32)28-38(46)43-21-15-36(16-22-43)44-23-14-34-8-6-7-9-37(34)42-40(44)48/h6-11,26,32-33,35-36,41H,4-5,12-25,27-28H2,1-3H3/p+1/t33?,35-,45?/m0/s1. The summed E-state index contributed by atoms with van der Waals surface area (Å²) < 4.78 is 0.446. The second-order valence-electron chi connectivity index (χ2n) is 15.2. The number of amides is 4. The van der Waals surface area contributed by atoms with Gasteiger partial charge < -0.3 is 20.4 Å². The monoisotopic (exact) mass is 656 g/mol. The lowest BCUT2D eigenvalue weighted by molar-refractivity contribution is -0.843. The fraction of sp³-hybridized carbons (Fsp3) is 0.625. The average molecular weight is 657 g/mol. The maximum atomic E-state index is 14.6. The number of hydrogen-bond donors (Lipinski definition) is 2. The van der Waals surface area contributed by atoms with Crippen molar-refractivity contribution in [2.45, 2.75) is 90.5 Å². The van der Waals surface area contributed by atoms with Gasteiger partial charge >= 0.3 is 11.9 Å². The molecule has 260 valence electrons. The Hall–Kier alpha value is -3.23. The molecule has 2 N–H and O–H groups in total. The zero-order valence-electron chi connectivity index (χ0n) is 29.6. The van der Waals surface area contributed by atoms with E-state index >= 15 is 0 Å². The van der Waals surface area contributed by atoms with Crippen molar-refractivity contribution in [3.05, 3.63) is 64.7 Å². The van der Waals surface area contributed by atoms with Gasteiger partial charge in [-0.25, -0.2) is 9.59 Å². The van der Waals surface area contributed by atoms with E-state index in [9.17, 15) is 14.4 Å². The molecule has 0 spiro atoms. The lowest BCUT2D eigenvalue weighted by Gasteiger charge is -2.43. The normalized spacial score (nSPS) is 24.8. The van der Waals surface area contributed by atoms with Gasteiger partial charge in [0.25, 0.3) is 0 Å². The zero-order valence-corrected chi connectivity index (χ0v) is 29.6. The van der Waals surface area contributed by atoms with Gasteiger partial charge in [0.2, 0.25) is 5.91 Å². The number of quaternary nitrogens is 1. The molecule has 3 saturated heterocycles. The smallest absolute Gasteiger partial charge is 0.322 e. The van der Waals surface area contributed by atoms with E-state index in [4.69, 9.17) is 0 Å². The first-order valence-electron chi connectivity index (χ1n) is 18.9. The summed E-state index contributed by atoms with van der Waals surface area (Å²) in [5.74, 6) is 1.46. The van der Waals surface area contributed by atoms with Crippen LogP contribution >= 0.6 is 0 Å². The zero-order chi connectivity index (χ0) is 33.7. The van der Waals surface area contributed by atoms with E-state index in [0.717, 1.165) is 82.7 Å². The Morgan fingerprint density at radius 1 is 0.875 bits per heavy atom. The quantitative estimate of drug-likeness (QED) is 0.333. The van der Waals surface area contributed by atoms with Crippen LogP contribution in [0.15, 0.2) is 42.5 Å². The summed E-state index contributed by atoms with van der Waals surface area (Å²) in [6.07, 6.45) is 9.88. The highest BCUT2D eigenvalue weighted by Crippen LogP contribution is 2.35. The highest BCUT2D eigenvalue weighted by molar-refractivity contribution is 5.91. The van der Waals surface area contributed by atoms with Crippen LogP contribution in [0.5, 0.6) is 0 Å². The number of anilines is 1. The third-order valence-electron chi connectivity index (χ3n) is 12.3. The first kappa shape index (κ1) is 34.6. The highest BCUT2D eigenvalue weighted by atomic mass is 16.2. The molecule has 3 fully saturated rings. The SMILES string of the molecule is CCc1ccc(C[C@@H](CC(=O)N2CCC(N3CCc4ccccc4NC3=O)CC2)C(=O)[N+]2(C)CCC(C3CCNCC3)CC2)cc1CC. The molecule has 0 bridgehead atoms. The number of piperidine rings is 3. The van der Waals surface area contributed by atoms with E-state index in [-0.39, 0.29) is 36.2 Å². The lowest BCUT2D eigenvalue weighted by Crippen LogP contribution is -2.58. The number of nitrogens with one attached hydrogen (secondary N) is 2. The van der Waals surface area contributed by atoms with Gasteiger partial charge in [-0.05, 0) is 105 Å². The van der Waals surface area contributed by atoms with Gasteiger partial charge in [0.1, 0.15) is 0 Å². The number of rotatable bonds is 9. The third-order valence-corrected chi connectivity index (χ3v) is 12.3. The van der Waals surface area contributed by atoms with Crippen LogP contribution in [-0.4, -0.2) is 91.0 Å². The van der Waals surface area contributed by atoms with Crippen molar-refractivity contribution in [2.75, 3.05) is 58.2 Å². The summed E-state index contributed by atoms with van der Waals surface area (Å²) in [4.78, 5) is 45.6. The molecular weight excluding hydrogens is 598 g/mol. The van der Waals surface area contributed by atoms with E-state index in [1.165, 1.54) is 35.1 Å². The van der Waals surface area contributed by atoms with Gasteiger partial charge in [-0.2, -0.15) is 0 Å². The van der Waals surface area contributed by atoms with Crippen molar-refractivity contribution in [3.8, 4) is 0 Å². The molecule has 0 aliphatic carbocycles. The molecule has 0 unspecified atom stereocenters. The molecule has 2 aromatic rings. The molecule has 48 heavy (non-hydrogen) atoms. The molecule has 4 heterocycles. The second kappa shape index (κ2) is 15.5. The average Bonchev–Trinajstić information content (AvgIpc) is 3.29. The van der Waals surface area contributed by atoms with Crippen LogP contribution in [0.25, 0.3) is 0 Å². The van der Waals surface area contributed by atoms with Crippen molar-refractivity contribution in [1.29, 1.82) is 0 Å². The fourth-order valence-corrected chi connectivity index (χ4v) is 9.12. The first-order chi connectivity index (χ1) is 23.3. The molecule has 8 heteroatoms. The van der Waals surface area contributed by atoms with Crippen LogP contribution in [0.4, 0.5) is 10.5 Å². The van der Waals surface area contributed by atoms with Crippen molar-refractivity contribution >= 4 is 23.5 Å². The van der Waals surface area contributed by atoms with E-state index in [2.05, 4.69) is 55.8 Å². The molecule has 0 aromatic heterocycles. The van der Waals surface area contributed by atoms with Crippen molar-refractivity contribution in [2.24, 2.45) is 17.8 Å². The predicted octanol–water partition coefficient (Wildman–Crippen LogP) is 5.82. The van der Waals surface area contributed by atoms with E-state index in [1.54, 1.807) is 0 Å². The summed E-state index contributed by atoms with van der Waals surface area (Å²) >= 11 is 0. The molecule has 8 nitrogen and oxygen atoms in total. The van der Waals surface area contributed by atoms with Crippen LogP contribution in [0.3, 0.4) is 0 Å². The van der Waals surface area contributed by atoms with Gasteiger partial charge in [-0.3, -0.25) is 9.28 Å². The third kappa shape index (κ3) is 7.81. The van der Waals surface area contributed by atoms with Gasteiger partial charge in [-0.1, -0.05) is 50.2 Å². The van der Waals surface area contributed by atoms with Gasteiger partial charge in [0, 0.05) is 50.6 Å². The maximum Gasteiger partial charge on any atom is 0.322 e. The van der Waals surface area contributed by atoms with Crippen molar-refractivity contribution in [1.82, 2.24) is 15.1 Å². The van der Waals surface area contributed by atoms with Crippen LogP contribution < -0.4 is 10.6 Å². The Labute approximate surface area is 288 Å². The van der Waals surface area contributed by atoms with E-state index in [1.807, 2.05) is 28.0 Å². The number of carbonyl (C=O) groups is 3. The number of hydrogen-bond acceptors (Lipinski definition) is 4. The molecule has 0 saturated carbocycles. The molecule has 4 amide bonds. The first-order valence-corrected chi connectivity index (χ1v) is 18.9. The number of urea groups is 1. The molecule has 4 aliphatic heterocycles. The number of likely N-dealkylation sites (tertiary alicyclic amines) is 2. The largest absolute Gasteiger partial charge is 0.343 e. The maximum absolute atomic E-state index is 14.6. The molecule has 4 aliphatic rings. The minimum absolute atomic E-state index is 0.0446. The lowest BCUT2D eigenvalue weighted by atomic mass is 9.78. The van der Waals surface area contributed by atoms with Gasteiger partial charge in [0.15, 0.2) is 0 Å². The fourth-order valence-electron chi connectivity index (χ4n) is 9.12. The highest BCUT2D eigenvalue weighted by Gasteiger charge is 2.44. The van der Waals surface area contributed by atoms with Crippen LogP contribution in [0, 0.1) is 17.8 Å². The Kier molecular flexibility index (Phi) is 11.2. The Morgan fingerprint density at radius 2 is 1.56 bits per heavy atom. The number of benzene rings is 2. The Bertz CT molecular complexity index is 1440. The Morgan fingerprint density at radius 3 is 2.27 bits per heavy atom. The number of fused-ring (bicyclic) bond motifs is 1. The molecular formula is C40H58N5O3+. The number of aryl methyl sites for hydroxylation is 2. The minimum Gasteiger partial charge on any atom is -0.343 e. The van der Waals surface area contributed by atoms with Crippen LogP contribution in [-0.2, 0) is 35.3 Å². The Balaban J connectivity index is 1.11. The number of nitrogens with zero attached hydrogens (tertiary/aromatic N) is 3. The number of carbonyl (C=O) groups excluding carboxylic acids is 3. The van der Waals surface area contributed by atoms with E-state index in [0.29, 0.717) is 36.5 Å². The van der Waals surface area contributed by atoms with Crippen molar-refractivity contribution < 1.29 is 18.9 Å². The molecule has 0 radical (unpaired) electrons. The molecule has 2 aromatic carbocycles. The van der Waals surface area contributed by atoms with E-state index < -0.39 is 0 Å². The predicted molar refractivity (Wildman–Crippen MR) is 192 cm³/mol. The van der Waals surface area contributed by atoms with Crippen LogP contribution in [0.1, 0.15) is 81.0 Å². The summed E-state index contributed by atoms with van der Waals surface area (Å²) in [6, 6.07) is 14.8. The van der Waals surface area contributed by atoms with Gasteiger partial charge in [0.05, 0.1) is 26.1 Å². The second-order valence-corrected chi connectivity index (χ2v) is 15.2. The van der Waals surface area contributed by atoms with Crippen molar-refractivity contribution in [3.63, 3.8) is 0 Å².